The molecule has 5 nitrogen and oxygen atoms in total. The summed E-state index contributed by atoms with van der Waals surface area (Å²) in [5.41, 5.74) is 5.24. The van der Waals surface area contributed by atoms with E-state index < -0.39 is 0 Å². The van der Waals surface area contributed by atoms with Crippen molar-refractivity contribution in [1.82, 2.24) is 9.97 Å². The van der Waals surface area contributed by atoms with E-state index in [0.717, 1.165) is 0 Å². The van der Waals surface area contributed by atoms with Gasteiger partial charge in [0.05, 0.1) is 6.33 Å². The zero-order chi connectivity index (χ0) is 9.84. The zero-order valence-electron chi connectivity index (χ0n) is 7.37. The lowest BCUT2D eigenvalue weighted by Gasteiger charge is -2.10. The molecule has 1 heterocycles. The Morgan fingerprint density at radius 2 is 2.54 bits per heavy atom. The van der Waals surface area contributed by atoms with Crippen molar-refractivity contribution in [1.29, 1.82) is 0 Å². The lowest BCUT2D eigenvalue weighted by Crippen LogP contribution is -2.20. The van der Waals surface area contributed by atoms with Crippen molar-refractivity contribution in [2.75, 3.05) is 11.1 Å². The molecule has 0 spiro atoms. The van der Waals surface area contributed by atoms with Crippen molar-refractivity contribution in [2.24, 2.45) is 0 Å². The Bertz CT molecular complexity index is 357. The molecule has 5 heteroatoms. The van der Waals surface area contributed by atoms with Gasteiger partial charge in [0.2, 0.25) is 0 Å². The Morgan fingerprint density at radius 1 is 1.85 bits per heavy atom. The second-order valence-electron chi connectivity index (χ2n) is 2.66. The van der Waals surface area contributed by atoms with Gasteiger partial charge in [-0.25, -0.2) is 4.98 Å². The van der Waals surface area contributed by atoms with Crippen molar-refractivity contribution in [2.45, 2.75) is 13.0 Å². The number of nitrogens with two attached hydrogens (primary N) is 1. The minimum Gasteiger partial charge on any atom is -0.391 e. The van der Waals surface area contributed by atoms with Gasteiger partial charge in [-0.1, -0.05) is 6.08 Å². The molecule has 1 aromatic heterocycles. The van der Waals surface area contributed by atoms with Crippen molar-refractivity contribution < 1.29 is 0 Å². The molecule has 0 fully saturated rings. The van der Waals surface area contributed by atoms with Gasteiger partial charge in [-0.05, 0) is 6.92 Å². The average Bonchev–Trinajstić information content (AvgIpc) is 2.13. The number of nitrogens with one attached hydrogen (secondary N) is 2. The first-order valence-corrected chi connectivity index (χ1v) is 3.87. The molecule has 13 heavy (non-hydrogen) atoms. The fourth-order valence-electron chi connectivity index (χ4n) is 0.800. The molecule has 0 aromatic carbocycles. The third-order valence-electron chi connectivity index (χ3n) is 1.61. The van der Waals surface area contributed by atoms with Gasteiger partial charge in [-0.15, -0.1) is 6.58 Å². The van der Waals surface area contributed by atoms with Gasteiger partial charge in [-0.3, -0.25) is 4.79 Å². The number of hydrogen-bond acceptors (Lipinski definition) is 4. The van der Waals surface area contributed by atoms with Gasteiger partial charge in [0.25, 0.3) is 5.56 Å². The first kappa shape index (κ1) is 9.31. The van der Waals surface area contributed by atoms with Gasteiger partial charge in [-0.2, -0.15) is 0 Å². The Labute approximate surface area is 75.7 Å². The van der Waals surface area contributed by atoms with Crippen molar-refractivity contribution >= 4 is 11.5 Å². The summed E-state index contributed by atoms with van der Waals surface area (Å²) in [7, 11) is 0. The van der Waals surface area contributed by atoms with E-state index in [1.807, 2.05) is 6.92 Å². The Morgan fingerprint density at radius 3 is 3.15 bits per heavy atom. The molecule has 1 atom stereocenters. The minimum atomic E-state index is -0.339. The molecule has 1 rings (SSSR count). The van der Waals surface area contributed by atoms with E-state index in [-0.39, 0.29) is 17.3 Å². The minimum absolute atomic E-state index is 0.0246. The zero-order valence-corrected chi connectivity index (χ0v) is 7.37. The molecule has 0 aliphatic heterocycles. The van der Waals surface area contributed by atoms with E-state index in [0.29, 0.717) is 5.82 Å². The number of nitrogen functional groups attached to an aromatic ring is 1. The maximum Gasteiger partial charge on any atom is 0.276 e. The van der Waals surface area contributed by atoms with E-state index in [1.165, 1.54) is 6.33 Å². The molecule has 0 radical (unpaired) electrons. The third-order valence-corrected chi connectivity index (χ3v) is 1.61. The lowest BCUT2D eigenvalue weighted by molar-refractivity contribution is 0.973. The van der Waals surface area contributed by atoms with E-state index in [2.05, 4.69) is 21.9 Å². The van der Waals surface area contributed by atoms with Gasteiger partial charge in [0.1, 0.15) is 5.69 Å². The van der Waals surface area contributed by atoms with Crippen LogP contribution in [0.15, 0.2) is 23.8 Å². The number of nitrogens with zero attached hydrogens (tertiary/aromatic N) is 1. The van der Waals surface area contributed by atoms with Crippen molar-refractivity contribution in [3.8, 4) is 0 Å². The summed E-state index contributed by atoms with van der Waals surface area (Å²) in [4.78, 5) is 17.3. The second-order valence-corrected chi connectivity index (χ2v) is 2.66. The van der Waals surface area contributed by atoms with E-state index >= 15 is 0 Å². The fourth-order valence-corrected chi connectivity index (χ4v) is 0.800. The molecule has 0 bridgehead atoms. The number of anilines is 2. The number of hydrogen-bond donors (Lipinski definition) is 3. The average molecular weight is 180 g/mol. The van der Waals surface area contributed by atoms with Crippen LogP contribution < -0.4 is 16.6 Å². The summed E-state index contributed by atoms with van der Waals surface area (Å²) in [5.74, 6) is 0.385. The number of aromatic amines is 1. The molecular formula is C8H12N4O. The van der Waals surface area contributed by atoms with Gasteiger partial charge in [0.15, 0.2) is 5.82 Å². The highest BCUT2D eigenvalue weighted by molar-refractivity contribution is 5.59. The van der Waals surface area contributed by atoms with Crippen molar-refractivity contribution in [3.63, 3.8) is 0 Å². The monoisotopic (exact) mass is 180 g/mol. The second kappa shape index (κ2) is 3.75. The smallest absolute Gasteiger partial charge is 0.276 e. The molecule has 0 saturated heterocycles. The Kier molecular flexibility index (Phi) is 2.69. The van der Waals surface area contributed by atoms with Crippen LogP contribution in [0, 0.1) is 0 Å². The largest absolute Gasteiger partial charge is 0.391 e. The van der Waals surface area contributed by atoms with Gasteiger partial charge >= 0.3 is 0 Å². The summed E-state index contributed by atoms with van der Waals surface area (Å²) in [6.45, 7) is 5.48. The van der Waals surface area contributed by atoms with Crippen LogP contribution in [0.2, 0.25) is 0 Å². The maximum absolute atomic E-state index is 11.0. The standard InChI is InChI=1S/C8H12N4O/c1-3-5(2)12-7-6(9)8(13)11-4-10-7/h3-5H,1,9H2,2H3,(H2,10,11,12,13). The van der Waals surface area contributed by atoms with Crippen LogP contribution >= 0.6 is 0 Å². The van der Waals surface area contributed by atoms with Crippen LogP contribution in [0.25, 0.3) is 0 Å². The van der Waals surface area contributed by atoms with Crippen LogP contribution in [0.5, 0.6) is 0 Å². The third kappa shape index (κ3) is 2.08. The van der Waals surface area contributed by atoms with Crippen LogP contribution in [0.4, 0.5) is 11.5 Å². The maximum atomic E-state index is 11.0. The van der Waals surface area contributed by atoms with Gasteiger partial charge < -0.3 is 16.0 Å². The van der Waals surface area contributed by atoms with Crippen LogP contribution in [0.3, 0.4) is 0 Å². The van der Waals surface area contributed by atoms with Gasteiger partial charge in [0, 0.05) is 6.04 Å². The number of H-pyrrole nitrogens is 1. The topological polar surface area (TPSA) is 83.8 Å². The summed E-state index contributed by atoms with van der Waals surface area (Å²) in [5, 5.41) is 2.93. The molecular weight excluding hydrogens is 168 g/mol. The first-order chi connectivity index (χ1) is 6.15. The van der Waals surface area contributed by atoms with Crippen molar-refractivity contribution in [3.05, 3.63) is 29.3 Å². The Hall–Kier alpha value is -1.78. The van der Waals surface area contributed by atoms with Crippen LogP contribution in [0.1, 0.15) is 6.92 Å². The molecule has 0 aliphatic carbocycles. The summed E-state index contributed by atoms with van der Waals surface area (Å²) in [6.07, 6.45) is 3.00. The van der Waals surface area contributed by atoms with Crippen LogP contribution in [-0.2, 0) is 0 Å². The molecule has 70 valence electrons. The highest BCUT2D eigenvalue weighted by Gasteiger charge is 2.04. The van der Waals surface area contributed by atoms with E-state index in [4.69, 9.17) is 5.73 Å². The molecule has 1 unspecified atom stereocenters. The summed E-state index contributed by atoms with van der Waals surface area (Å²) < 4.78 is 0. The summed E-state index contributed by atoms with van der Waals surface area (Å²) in [6, 6.07) is 0.0246. The normalized spacial score (nSPS) is 12.1. The quantitative estimate of drug-likeness (QED) is 0.585. The van der Waals surface area contributed by atoms with E-state index in [1.54, 1.807) is 6.08 Å². The lowest BCUT2D eigenvalue weighted by atomic mass is 10.3. The molecule has 0 amide bonds. The predicted octanol–water partition coefficient (Wildman–Crippen LogP) is 0.339. The SMILES string of the molecule is C=CC(C)Nc1nc[nH]c(=O)c1N. The molecule has 1 aromatic rings. The predicted molar refractivity (Wildman–Crippen MR) is 52.6 cm³/mol. The molecule has 4 N–H and O–H groups in total. The Balaban J connectivity index is 2.95. The number of aromatic nitrogens is 2. The first-order valence-electron chi connectivity index (χ1n) is 3.87. The molecule has 0 saturated carbocycles. The highest BCUT2D eigenvalue weighted by atomic mass is 16.1. The molecule has 0 aliphatic rings. The van der Waals surface area contributed by atoms with Crippen LogP contribution in [-0.4, -0.2) is 16.0 Å². The summed E-state index contributed by atoms with van der Waals surface area (Å²) >= 11 is 0. The van der Waals surface area contributed by atoms with E-state index in [9.17, 15) is 4.79 Å². The fraction of sp³-hybridized carbons (Fsp3) is 0.250. The highest BCUT2D eigenvalue weighted by Crippen LogP contribution is 2.08. The number of rotatable bonds is 3.